The molecule has 1 aliphatic rings. The quantitative estimate of drug-likeness (QED) is 0.547. The Balaban J connectivity index is 2.24. The molecule has 0 radical (unpaired) electrons. The van der Waals surface area contributed by atoms with E-state index in [0.717, 1.165) is 24.7 Å². The first-order valence-electron chi connectivity index (χ1n) is 3.57. The predicted molar refractivity (Wildman–Crippen MR) is 50.1 cm³/mol. The lowest BCUT2D eigenvalue weighted by molar-refractivity contribution is 0.347. The molecular weight excluding hydrogens is 241 g/mol. The van der Waals surface area contributed by atoms with Crippen molar-refractivity contribution in [1.82, 2.24) is 0 Å². The van der Waals surface area contributed by atoms with E-state index >= 15 is 0 Å². The molecule has 3 heteroatoms. The molecule has 0 spiro atoms. The zero-order valence-electron chi connectivity index (χ0n) is 6.30. The second-order valence-corrected chi connectivity index (χ2v) is 3.53. The van der Waals surface area contributed by atoms with Crippen LogP contribution < -0.4 is 0 Å². The van der Waals surface area contributed by atoms with Crippen LogP contribution in [0.4, 0.5) is 0 Å². The molecule has 58 valence electrons. The van der Waals surface area contributed by atoms with Gasteiger partial charge in [0.05, 0.1) is 5.71 Å². The van der Waals surface area contributed by atoms with Crippen LogP contribution in [0.25, 0.3) is 0 Å². The monoisotopic (exact) mass is 253 g/mol. The summed E-state index contributed by atoms with van der Waals surface area (Å²) >= 11 is 1.80. The van der Waals surface area contributed by atoms with E-state index in [1.807, 2.05) is 0 Å². The highest BCUT2D eigenvalue weighted by molar-refractivity contribution is 14.1. The molecular formula is C7H12INO. The third-order valence-corrected chi connectivity index (χ3v) is 2.30. The molecule has 0 bridgehead atoms. The highest BCUT2D eigenvalue weighted by atomic mass is 127. The van der Waals surface area contributed by atoms with Gasteiger partial charge in [-0.3, -0.25) is 0 Å². The largest absolute Gasteiger partial charge is 0.327 e. The van der Waals surface area contributed by atoms with Crippen molar-refractivity contribution in [3.8, 4) is 0 Å². The lowest BCUT2D eigenvalue weighted by Gasteiger charge is -2.29. The molecule has 0 aromatic carbocycles. The third kappa shape index (κ3) is 1.84. The summed E-state index contributed by atoms with van der Waals surface area (Å²) in [5.74, 6) is 1.65. The van der Waals surface area contributed by atoms with Gasteiger partial charge in [0.2, 0.25) is 23.0 Å². The van der Waals surface area contributed by atoms with Gasteiger partial charge in [-0.2, -0.15) is 0 Å². The normalized spacial score (nSPS) is 24.4. The van der Waals surface area contributed by atoms with E-state index in [1.165, 1.54) is 5.71 Å². The molecule has 0 aromatic rings. The molecule has 0 heterocycles. The fraction of sp³-hybridized carbons (Fsp3) is 0.857. The summed E-state index contributed by atoms with van der Waals surface area (Å²) in [6.45, 7) is 4.51. The first-order valence-corrected chi connectivity index (χ1v) is 4.45. The lowest BCUT2D eigenvalue weighted by Crippen LogP contribution is -2.27. The van der Waals surface area contributed by atoms with Gasteiger partial charge in [-0.15, -0.1) is 0 Å². The highest BCUT2D eigenvalue weighted by Gasteiger charge is 2.27. The number of hydrogen-bond donors (Lipinski definition) is 0. The number of rotatable bonds is 2. The third-order valence-electron chi connectivity index (χ3n) is 2.10. The summed E-state index contributed by atoms with van der Waals surface area (Å²) < 4.78 is 4.63. The zero-order chi connectivity index (χ0) is 7.56. The Morgan fingerprint density at radius 3 is 2.60 bits per heavy atom. The molecule has 1 aliphatic carbocycles. The van der Waals surface area contributed by atoms with Crippen molar-refractivity contribution in [3.63, 3.8) is 0 Å². The molecule has 1 fully saturated rings. The van der Waals surface area contributed by atoms with E-state index in [1.54, 1.807) is 23.0 Å². The molecule has 0 aromatic heterocycles. The molecule has 0 aliphatic heterocycles. The molecule has 1 saturated carbocycles. The minimum absolute atomic E-state index is 0.799. The van der Waals surface area contributed by atoms with Gasteiger partial charge >= 0.3 is 0 Å². The summed E-state index contributed by atoms with van der Waals surface area (Å²) in [5.41, 5.74) is 1.22. The van der Waals surface area contributed by atoms with E-state index in [2.05, 4.69) is 22.2 Å². The van der Waals surface area contributed by atoms with Crippen LogP contribution in [-0.4, -0.2) is 5.71 Å². The van der Waals surface area contributed by atoms with Crippen molar-refractivity contribution in [1.29, 1.82) is 0 Å². The van der Waals surface area contributed by atoms with Crippen LogP contribution in [0.1, 0.15) is 26.7 Å². The van der Waals surface area contributed by atoms with Crippen molar-refractivity contribution in [2.24, 2.45) is 17.0 Å². The van der Waals surface area contributed by atoms with Crippen LogP contribution in [0.5, 0.6) is 0 Å². The molecule has 2 nitrogen and oxygen atoms in total. The van der Waals surface area contributed by atoms with Gasteiger partial charge in [0.15, 0.2) is 0 Å². The Hall–Kier alpha value is 0.200. The lowest BCUT2D eigenvalue weighted by atomic mass is 9.76. The SMILES string of the molecule is CC(C)C1CC(=NOI)C1. The molecule has 0 N–H and O–H groups in total. The van der Waals surface area contributed by atoms with E-state index in [-0.39, 0.29) is 0 Å². The molecule has 0 unspecified atom stereocenters. The van der Waals surface area contributed by atoms with Crippen molar-refractivity contribution in [3.05, 3.63) is 0 Å². The van der Waals surface area contributed by atoms with Crippen molar-refractivity contribution < 1.29 is 3.17 Å². The predicted octanol–water partition coefficient (Wildman–Crippen LogP) is 2.78. The number of halogens is 1. The summed E-state index contributed by atoms with van der Waals surface area (Å²) in [6.07, 6.45) is 2.28. The summed E-state index contributed by atoms with van der Waals surface area (Å²) in [5, 5.41) is 3.87. The van der Waals surface area contributed by atoms with Gasteiger partial charge in [-0.05, 0) is 24.7 Å². The van der Waals surface area contributed by atoms with Crippen LogP contribution in [0.15, 0.2) is 5.16 Å². The first kappa shape index (κ1) is 8.30. The van der Waals surface area contributed by atoms with Gasteiger partial charge in [-0.1, -0.05) is 19.0 Å². The molecule has 10 heavy (non-hydrogen) atoms. The van der Waals surface area contributed by atoms with Gasteiger partial charge in [0.1, 0.15) is 0 Å². The molecule has 0 atom stereocenters. The minimum atomic E-state index is 0.799. The van der Waals surface area contributed by atoms with Crippen LogP contribution in [0, 0.1) is 11.8 Å². The standard InChI is InChI=1S/C7H12INO/c1-5(2)6-3-7(4-6)9-10-8/h5-6H,3-4H2,1-2H3. The highest BCUT2D eigenvalue weighted by Crippen LogP contribution is 2.31. The fourth-order valence-electron chi connectivity index (χ4n) is 1.14. The van der Waals surface area contributed by atoms with Crippen molar-refractivity contribution in [2.75, 3.05) is 0 Å². The fourth-order valence-corrected chi connectivity index (χ4v) is 1.42. The Morgan fingerprint density at radius 2 is 2.20 bits per heavy atom. The van der Waals surface area contributed by atoms with Gasteiger partial charge in [0.25, 0.3) is 0 Å². The van der Waals surface area contributed by atoms with Gasteiger partial charge < -0.3 is 3.17 Å². The smallest absolute Gasteiger partial charge is 0.230 e. The average Bonchev–Trinajstić information content (AvgIpc) is 1.76. The molecule has 1 rings (SSSR count). The van der Waals surface area contributed by atoms with Crippen LogP contribution in [0.2, 0.25) is 0 Å². The average molecular weight is 253 g/mol. The van der Waals surface area contributed by atoms with E-state index in [4.69, 9.17) is 0 Å². The molecule has 0 saturated heterocycles. The maximum atomic E-state index is 4.63. The summed E-state index contributed by atoms with van der Waals surface area (Å²) in [6, 6.07) is 0. The number of oxime groups is 1. The van der Waals surface area contributed by atoms with E-state index < -0.39 is 0 Å². The Morgan fingerprint density at radius 1 is 1.60 bits per heavy atom. The Kier molecular flexibility index (Phi) is 2.95. The first-order chi connectivity index (χ1) is 4.74. The van der Waals surface area contributed by atoms with Crippen LogP contribution in [0.3, 0.4) is 0 Å². The van der Waals surface area contributed by atoms with Gasteiger partial charge in [0, 0.05) is 0 Å². The Bertz CT molecular complexity index is 137. The summed E-state index contributed by atoms with van der Waals surface area (Å²) in [4.78, 5) is 0. The minimum Gasteiger partial charge on any atom is -0.327 e. The second kappa shape index (κ2) is 3.55. The van der Waals surface area contributed by atoms with E-state index in [9.17, 15) is 0 Å². The number of hydrogen-bond acceptors (Lipinski definition) is 2. The maximum Gasteiger partial charge on any atom is 0.230 e. The van der Waals surface area contributed by atoms with Crippen LogP contribution >= 0.6 is 23.0 Å². The van der Waals surface area contributed by atoms with Crippen molar-refractivity contribution >= 4 is 28.7 Å². The van der Waals surface area contributed by atoms with Crippen molar-refractivity contribution in [2.45, 2.75) is 26.7 Å². The number of nitrogens with zero attached hydrogens (tertiary/aromatic N) is 1. The summed E-state index contributed by atoms with van der Waals surface area (Å²) in [7, 11) is 0. The molecule has 0 amide bonds. The maximum absolute atomic E-state index is 4.63. The van der Waals surface area contributed by atoms with E-state index in [0.29, 0.717) is 0 Å². The van der Waals surface area contributed by atoms with Gasteiger partial charge in [-0.25, -0.2) is 0 Å². The van der Waals surface area contributed by atoms with Crippen LogP contribution in [-0.2, 0) is 3.17 Å². The topological polar surface area (TPSA) is 21.6 Å². The zero-order valence-corrected chi connectivity index (χ0v) is 8.46. The Labute approximate surface area is 75.7 Å². The second-order valence-electron chi connectivity index (χ2n) is 3.14.